The van der Waals surface area contributed by atoms with Gasteiger partial charge in [-0.25, -0.2) is 9.98 Å². The minimum atomic E-state index is -0.471. The van der Waals surface area contributed by atoms with Crippen molar-refractivity contribution in [3.8, 4) is 0 Å². The van der Waals surface area contributed by atoms with Gasteiger partial charge in [0.1, 0.15) is 34.7 Å². The van der Waals surface area contributed by atoms with Crippen molar-refractivity contribution in [2.45, 2.75) is 56.3 Å². The van der Waals surface area contributed by atoms with Crippen molar-refractivity contribution in [3.05, 3.63) is 221 Å². The lowest BCUT2D eigenvalue weighted by molar-refractivity contribution is 0.422. The number of anilines is 3. The third-order valence-corrected chi connectivity index (χ3v) is 14.3. The molecule has 3 aliphatic heterocycles. The van der Waals surface area contributed by atoms with Crippen LogP contribution in [0.2, 0.25) is 0 Å². The summed E-state index contributed by atoms with van der Waals surface area (Å²) >= 11 is 0. The third-order valence-electron chi connectivity index (χ3n) is 14.3. The number of allylic oxidation sites excluding steroid dienone is 6. The first-order chi connectivity index (χ1) is 32.2. The quantitative estimate of drug-likeness (QED) is 0.154. The predicted molar refractivity (Wildman–Crippen MR) is 265 cm³/mol. The van der Waals surface area contributed by atoms with Gasteiger partial charge in [0.05, 0.1) is 23.9 Å². The van der Waals surface area contributed by atoms with E-state index in [-0.39, 0.29) is 29.8 Å². The fourth-order valence-electron chi connectivity index (χ4n) is 11.6. The fraction of sp³-hybridized carbons (Fsp3) is 0.172. The lowest BCUT2D eigenvalue weighted by atomic mass is 9.79. The molecule has 6 unspecified atom stereocenters. The van der Waals surface area contributed by atoms with Crippen LogP contribution >= 0.6 is 0 Å². The van der Waals surface area contributed by atoms with E-state index in [2.05, 4.69) is 192 Å². The normalized spacial score (nSPS) is 23.5. The zero-order valence-electron chi connectivity index (χ0n) is 36.1. The van der Waals surface area contributed by atoms with E-state index in [0.29, 0.717) is 5.84 Å². The highest BCUT2D eigenvalue weighted by atomic mass is 16.3. The van der Waals surface area contributed by atoms with E-state index < -0.39 is 6.17 Å². The smallest absolute Gasteiger partial charge is 0.159 e. The fourth-order valence-corrected chi connectivity index (χ4v) is 11.6. The van der Waals surface area contributed by atoms with E-state index in [1.807, 2.05) is 12.1 Å². The van der Waals surface area contributed by atoms with Gasteiger partial charge in [-0.1, -0.05) is 153 Å². The van der Waals surface area contributed by atoms with E-state index in [1.165, 1.54) is 33.5 Å². The number of nitrogens with one attached hydrogen (secondary N) is 1. The Labute approximate surface area is 378 Å². The summed E-state index contributed by atoms with van der Waals surface area (Å²) in [6.07, 6.45) is 22.5. The molecular formula is C58H47N5O2. The highest BCUT2D eigenvalue weighted by Crippen LogP contribution is 2.57. The molecule has 7 heteroatoms. The minimum absolute atomic E-state index is 0.00480. The van der Waals surface area contributed by atoms with Gasteiger partial charge in [0.25, 0.3) is 0 Å². The molecule has 316 valence electrons. The molecule has 6 aliphatic rings. The topological polar surface area (TPSA) is 69.5 Å². The summed E-state index contributed by atoms with van der Waals surface area (Å²) in [6, 6.07) is 43.2. The highest BCUT2D eigenvalue weighted by Gasteiger charge is 2.50. The number of benzene rings is 5. The van der Waals surface area contributed by atoms with Gasteiger partial charge in [-0.05, 0) is 66.5 Å². The average molecular weight is 846 g/mol. The molecule has 2 aromatic heterocycles. The second kappa shape index (κ2) is 15.0. The van der Waals surface area contributed by atoms with Crippen LogP contribution in [-0.4, -0.2) is 23.8 Å². The number of fused-ring (bicyclic) bond motifs is 14. The molecule has 1 N–H and O–H groups in total. The van der Waals surface area contributed by atoms with Gasteiger partial charge in [-0.2, -0.15) is 0 Å². The summed E-state index contributed by atoms with van der Waals surface area (Å²) < 4.78 is 13.6. The van der Waals surface area contributed by atoms with Crippen LogP contribution in [0.3, 0.4) is 0 Å². The number of aliphatic imine (C=N–C) groups is 2. The van der Waals surface area contributed by atoms with Crippen molar-refractivity contribution in [2.75, 3.05) is 9.80 Å². The third kappa shape index (κ3) is 5.81. The van der Waals surface area contributed by atoms with Gasteiger partial charge < -0.3 is 24.0 Å². The summed E-state index contributed by atoms with van der Waals surface area (Å²) in [5.74, 6) is 4.03. The van der Waals surface area contributed by atoms with Crippen molar-refractivity contribution >= 4 is 62.8 Å². The molecule has 0 radical (unpaired) electrons. The molecule has 0 amide bonds. The van der Waals surface area contributed by atoms with Crippen LogP contribution in [0.4, 0.5) is 17.1 Å². The van der Waals surface area contributed by atoms with E-state index in [0.717, 1.165) is 81.2 Å². The number of nitrogens with zero attached hydrogens (tertiary/aromatic N) is 4. The molecule has 6 atom stereocenters. The van der Waals surface area contributed by atoms with Crippen LogP contribution < -0.4 is 15.1 Å². The van der Waals surface area contributed by atoms with Crippen LogP contribution in [0.25, 0.3) is 34.1 Å². The van der Waals surface area contributed by atoms with Crippen LogP contribution in [0.15, 0.2) is 201 Å². The zero-order chi connectivity index (χ0) is 43.2. The van der Waals surface area contributed by atoms with E-state index in [9.17, 15) is 0 Å². The van der Waals surface area contributed by atoms with Crippen LogP contribution in [0.5, 0.6) is 0 Å². The summed E-state index contributed by atoms with van der Waals surface area (Å²) in [6.45, 7) is 6.31. The standard InChI is InChI=1S/C58H47N5O2/c1-3-16-35(17-4-2)56-59-57(36-18-6-5-7-19-36)61-58(60-56)44-34-37(62-45-24-12-8-22-42(45)52-48(62)32-29-40-38-20-10-14-26-50(38)64-54(40)52)28-31-47(44)63-46-25-13-9-23-43(46)53-49(63)33-30-41-39-21-11-15-27-51(39)65-55(41)53/h3,5-16,18-22,24-34,43,48-49,52-53,58H,1,4,17,23H2,2H3,(H,59,60,61)/b35-16+. The maximum Gasteiger partial charge on any atom is 0.159 e. The highest BCUT2D eigenvalue weighted by molar-refractivity contribution is 6.13. The Morgan fingerprint density at radius 2 is 1.48 bits per heavy atom. The number of amidine groups is 2. The molecule has 5 heterocycles. The van der Waals surface area contributed by atoms with Gasteiger partial charge in [-0.15, -0.1) is 0 Å². The Bertz CT molecular complexity index is 3320. The SMILES string of the molecule is C=C/C=C(\CCC)C1=NC(c2ccccc2)=NC(c2cc(N3c4ccccc4C4c5oc6ccccc6c5C=CC43)ccc2N2C3=CC=CCC3C3c4oc5ccccc5c4C=CC32)N1. The molecule has 13 rings (SSSR count). The van der Waals surface area contributed by atoms with Gasteiger partial charge >= 0.3 is 0 Å². The zero-order valence-corrected chi connectivity index (χ0v) is 36.1. The summed E-state index contributed by atoms with van der Waals surface area (Å²) in [7, 11) is 0. The van der Waals surface area contributed by atoms with E-state index >= 15 is 0 Å². The first-order valence-corrected chi connectivity index (χ1v) is 23.0. The number of hydrogen-bond donors (Lipinski definition) is 1. The summed E-state index contributed by atoms with van der Waals surface area (Å²) in [5.41, 5.74) is 13.3. The van der Waals surface area contributed by atoms with Crippen molar-refractivity contribution < 1.29 is 8.83 Å². The molecule has 0 bridgehead atoms. The van der Waals surface area contributed by atoms with Gasteiger partial charge in [0.2, 0.25) is 0 Å². The van der Waals surface area contributed by atoms with Crippen molar-refractivity contribution in [1.29, 1.82) is 0 Å². The molecule has 0 saturated carbocycles. The van der Waals surface area contributed by atoms with Crippen molar-refractivity contribution in [1.82, 2.24) is 5.32 Å². The van der Waals surface area contributed by atoms with E-state index in [1.54, 1.807) is 0 Å². The molecule has 0 spiro atoms. The maximum atomic E-state index is 6.83. The number of para-hydroxylation sites is 3. The van der Waals surface area contributed by atoms with Crippen molar-refractivity contribution in [3.63, 3.8) is 0 Å². The monoisotopic (exact) mass is 845 g/mol. The first-order valence-electron chi connectivity index (χ1n) is 23.0. The van der Waals surface area contributed by atoms with Crippen LogP contribution in [0, 0.1) is 5.92 Å². The van der Waals surface area contributed by atoms with Gasteiger partial charge in [0, 0.05) is 61.7 Å². The Morgan fingerprint density at radius 1 is 0.769 bits per heavy atom. The van der Waals surface area contributed by atoms with Crippen LogP contribution in [-0.2, 0) is 0 Å². The largest absolute Gasteiger partial charge is 0.460 e. The maximum absolute atomic E-state index is 6.83. The molecule has 7 aromatic rings. The molecule has 65 heavy (non-hydrogen) atoms. The Hall–Kier alpha value is -7.64. The summed E-state index contributed by atoms with van der Waals surface area (Å²) in [4.78, 5) is 15.9. The number of rotatable bonds is 8. The molecule has 7 nitrogen and oxygen atoms in total. The summed E-state index contributed by atoms with van der Waals surface area (Å²) in [5, 5.41) is 6.23. The van der Waals surface area contributed by atoms with Crippen molar-refractivity contribution in [2.24, 2.45) is 15.9 Å². The number of furan rings is 2. The lowest BCUT2D eigenvalue weighted by Crippen LogP contribution is -2.37. The average Bonchev–Trinajstić information content (AvgIpc) is 4.11. The van der Waals surface area contributed by atoms with Gasteiger partial charge in [0.15, 0.2) is 5.84 Å². The molecular weight excluding hydrogens is 799 g/mol. The molecule has 1 saturated heterocycles. The lowest BCUT2D eigenvalue weighted by Gasteiger charge is -2.35. The molecule has 3 aliphatic carbocycles. The Balaban J connectivity index is 1.01. The first kappa shape index (κ1) is 37.9. The second-order valence-corrected chi connectivity index (χ2v) is 17.9. The van der Waals surface area contributed by atoms with Gasteiger partial charge in [-0.3, -0.25) is 0 Å². The second-order valence-electron chi connectivity index (χ2n) is 17.9. The van der Waals surface area contributed by atoms with E-state index in [4.69, 9.17) is 18.8 Å². The molecule has 5 aromatic carbocycles. The Kier molecular flexibility index (Phi) is 8.73. The predicted octanol–water partition coefficient (Wildman–Crippen LogP) is 13.7. The van der Waals surface area contributed by atoms with Crippen LogP contribution in [0.1, 0.15) is 83.5 Å². The molecule has 1 fully saturated rings. The number of hydrogen-bond acceptors (Lipinski definition) is 7. The minimum Gasteiger partial charge on any atom is -0.460 e. The Morgan fingerprint density at radius 3 is 2.28 bits per heavy atom.